The highest BCUT2D eigenvalue weighted by atomic mass is 16.6. The van der Waals surface area contributed by atoms with Gasteiger partial charge in [-0.3, -0.25) is 4.90 Å². The van der Waals surface area contributed by atoms with Crippen molar-refractivity contribution < 1.29 is 9.53 Å². The van der Waals surface area contributed by atoms with Gasteiger partial charge < -0.3 is 15.8 Å². The van der Waals surface area contributed by atoms with Crippen LogP contribution >= 0.6 is 0 Å². The Morgan fingerprint density at radius 3 is 2.43 bits per heavy atom. The molecule has 0 saturated heterocycles. The molecular formula is C18H31N3O2. The van der Waals surface area contributed by atoms with Crippen LogP contribution in [0.4, 0.5) is 4.79 Å². The Balaban J connectivity index is 2.50. The van der Waals surface area contributed by atoms with E-state index < -0.39 is 5.60 Å². The first-order chi connectivity index (χ1) is 10.7. The first kappa shape index (κ1) is 19.5. The molecule has 1 amide bonds. The third kappa shape index (κ3) is 7.48. The summed E-state index contributed by atoms with van der Waals surface area (Å²) in [6, 6.07) is 10.5. The lowest BCUT2D eigenvalue weighted by Gasteiger charge is -2.32. The van der Waals surface area contributed by atoms with E-state index in [0.717, 1.165) is 6.54 Å². The van der Waals surface area contributed by atoms with Gasteiger partial charge in [0.05, 0.1) is 0 Å². The van der Waals surface area contributed by atoms with Crippen molar-refractivity contribution in [2.24, 2.45) is 11.7 Å². The van der Waals surface area contributed by atoms with Crippen molar-refractivity contribution in [2.45, 2.75) is 45.9 Å². The summed E-state index contributed by atoms with van der Waals surface area (Å²) in [4.78, 5) is 14.0. The number of alkyl carbamates (subject to hydrolysis) is 1. The zero-order chi connectivity index (χ0) is 17.5. The van der Waals surface area contributed by atoms with Crippen LogP contribution in [0.25, 0.3) is 0 Å². The van der Waals surface area contributed by atoms with E-state index in [1.54, 1.807) is 0 Å². The summed E-state index contributed by atoms with van der Waals surface area (Å²) >= 11 is 0. The maximum absolute atomic E-state index is 11.8. The molecule has 0 fully saturated rings. The van der Waals surface area contributed by atoms with Gasteiger partial charge >= 0.3 is 6.09 Å². The molecule has 2 atom stereocenters. The molecule has 0 saturated carbocycles. The van der Waals surface area contributed by atoms with Crippen molar-refractivity contribution in [2.75, 3.05) is 20.1 Å². The summed E-state index contributed by atoms with van der Waals surface area (Å²) in [6.45, 7) is 9.57. The van der Waals surface area contributed by atoms with Gasteiger partial charge in [-0.05, 0) is 39.3 Å². The number of carbonyl (C=O) groups is 1. The number of carbonyl (C=O) groups excluding carboxylic acids is 1. The van der Waals surface area contributed by atoms with Crippen LogP contribution in [-0.2, 0) is 11.3 Å². The van der Waals surface area contributed by atoms with Gasteiger partial charge in [0, 0.05) is 25.7 Å². The average Bonchev–Trinajstić information content (AvgIpc) is 2.45. The Kier molecular flexibility index (Phi) is 7.52. The molecular weight excluding hydrogens is 290 g/mol. The molecule has 1 aromatic rings. The summed E-state index contributed by atoms with van der Waals surface area (Å²) in [6.07, 6.45) is -0.383. The third-order valence-corrected chi connectivity index (χ3v) is 3.71. The van der Waals surface area contributed by atoms with Crippen LogP contribution in [0.2, 0.25) is 0 Å². The van der Waals surface area contributed by atoms with Crippen molar-refractivity contribution in [1.29, 1.82) is 0 Å². The molecule has 23 heavy (non-hydrogen) atoms. The number of amides is 1. The fourth-order valence-electron chi connectivity index (χ4n) is 2.53. The van der Waals surface area contributed by atoms with Gasteiger partial charge in [-0.1, -0.05) is 37.3 Å². The molecule has 0 aliphatic carbocycles. The van der Waals surface area contributed by atoms with Crippen LogP contribution in [-0.4, -0.2) is 42.8 Å². The van der Waals surface area contributed by atoms with Crippen molar-refractivity contribution in [3.05, 3.63) is 35.9 Å². The summed E-state index contributed by atoms with van der Waals surface area (Å²) in [5.74, 6) is 0.223. The lowest BCUT2D eigenvalue weighted by atomic mass is 10.00. The Morgan fingerprint density at radius 2 is 1.91 bits per heavy atom. The predicted molar refractivity (Wildman–Crippen MR) is 94.2 cm³/mol. The largest absolute Gasteiger partial charge is 0.444 e. The molecule has 130 valence electrons. The van der Waals surface area contributed by atoms with Gasteiger partial charge in [0.15, 0.2) is 0 Å². The van der Waals surface area contributed by atoms with Gasteiger partial charge in [0.1, 0.15) is 5.60 Å². The number of nitrogens with zero attached hydrogens (tertiary/aromatic N) is 1. The standard InChI is InChI=1S/C18H31N3O2/c1-14(12-20-17(22)23-18(2,3)4)16(11-19)21(5)13-15-9-7-6-8-10-15/h6-10,14,16H,11-13,19H2,1-5H3,(H,20,22). The second-order valence-electron chi connectivity index (χ2n) is 7.06. The molecule has 0 radical (unpaired) electrons. The monoisotopic (exact) mass is 321 g/mol. The number of ether oxygens (including phenoxy) is 1. The summed E-state index contributed by atoms with van der Waals surface area (Å²) in [5.41, 5.74) is 6.72. The minimum atomic E-state index is -0.481. The molecule has 0 spiro atoms. The van der Waals surface area contributed by atoms with Crippen molar-refractivity contribution in [3.63, 3.8) is 0 Å². The molecule has 1 aromatic carbocycles. The van der Waals surface area contributed by atoms with E-state index in [0.29, 0.717) is 13.1 Å². The normalized spacial score (nSPS) is 14.4. The highest BCUT2D eigenvalue weighted by Crippen LogP contribution is 2.13. The lowest BCUT2D eigenvalue weighted by Crippen LogP contribution is -2.46. The number of likely N-dealkylation sites (N-methyl/N-ethyl adjacent to an activating group) is 1. The Bertz CT molecular complexity index is 471. The van der Waals surface area contributed by atoms with Gasteiger partial charge in [-0.25, -0.2) is 4.79 Å². The molecule has 0 bridgehead atoms. The topological polar surface area (TPSA) is 67.6 Å². The zero-order valence-corrected chi connectivity index (χ0v) is 15.0. The smallest absolute Gasteiger partial charge is 0.407 e. The van der Waals surface area contributed by atoms with E-state index in [-0.39, 0.29) is 18.1 Å². The number of nitrogens with two attached hydrogens (primary N) is 1. The summed E-state index contributed by atoms with van der Waals surface area (Å²) < 4.78 is 5.26. The van der Waals surface area contributed by atoms with E-state index in [1.807, 2.05) is 39.0 Å². The van der Waals surface area contributed by atoms with E-state index >= 15 is 0 Å². The van der Waals surface area contributed by atoms with Crippen molar-refractivity contribution >= 4 is 6.09 Å². The fraction of sp³-hybridized carbons (Fsp3) is 0.611. The quantitative estimate of drug-likeness (QED) is 0.810. The molecule has 0 aliphatic rings. The molecule has 5 nitrogen and oxygen atoms in total. The van der Waals surface area contributed by atoms with Crippen LogP contribution in [0.5, 0.6) is 0 Å². The van der Waals surface area contributed by atoms with Crippen LogP contribution in [0.3, 0.4) is 0 Å². The predicted octanol–water partition coefficient (Wildman–Crippen LogP) is 2.61. The highest BCUT2D eigenvalue weighted by molar-refractivity contribution is 5.67. The molecule has 2 unspecified atom stereocenters. The maximum Gasteiger partial charge on any atom is 0.407 e. The SMILES string of the molecule is CC(CNC(=O)OC(C)(C)C)C(CN)N(C)Cc1ccccc1. The van der Waals surface area contributed by atoms with Gasteiger partial charge in [0.25, 0.3) is 0 Å². The molecule has 1 rings (SSSR count). The van der Waals surface area contributed by atoms with E-state index in [9.17, 15) is 4.79 Å². The van der Waals surface area contributed by atoms with E-state index in [2.05, 4.69) is 36.3 Å². The Hall–Kier alpha value is -1.59. The van der Waals surface area contributed by atoms with Crippen LogP contribution in [0, 0.1) is 5.92 Å². The van der Waals surface area contributed by atoms with E-state index in [1.165, 1.54) is 5.56 Å². The van der Waals surface area contributed by atoms with Crippen LogP contribution in [0.15, 0.2) is 30.3 Å². The summed E-state index contributed by atoms with van der Waals surface area (Å²) in [5, 5.41) is 2.83. The number of nitrogens with one attached hydrogen (secondary N) is 1. The molecule has 0 aliphatic heterocycles. The van der Waals surface area contributed by atoms with Crippen molar-refractivity contribution in [3.8, 4) is 0 Å². The van der Waals surface area contributed by atoms with Gasteiger partial charge in [-0.2, -0.15) is 0 Å². The average molecular weight is 321 g/mol. The molecule has 3 N–H and O–H groups in total. The minimum absolute atomic E-state index is 0.185. The summed E-state index contributed by atoms with van der Waals surface area (Å²) in [7, 11) is 2.06. The van der Waals surface area contributed by atoms with Crippen LogP contribution in [0.1, 0.15) is 33.3 Å². The second-order valence-corrected chi connectivity index (χ2v) is 7.06. The first-order valence-electron chi connectivity index (χ1n) is 8.14. The van der Waals surface area contributed by atoms with Crippen LogP contribution < -0.4 is 11.1 Å². The Labute approximate surface area is 140 Å². The lowest BCUT2D eigenvalue weighted by molar-refractivity contribution is 0.0508. The number of rotatable bonds is 7. The van der Waals surface area contributed by atoms with Gasteiger partial charge in [-0.15, -0.1) is 0 Å². The Morgan fingerprint density at radius 1 is 1.30 bits per heavy atom. The maximum atomic E-state index is 11.8. The molecule has 0 aromatic heterocycles. The van der Waals surface area contributed by atoms with E-state index in [4.69, 9.17) is 10.5 Å². The fourth-order valence-corrected chi connectivity index (χ4v) is 2.53. The molecule has 0 heterocycles. The zero-order valence-electron chi connectivity index (χ0n) is 15.0. The second kappa shape index (κ2) is 8.89. The number of hydrogen-bond acceptors (Lipinski definition) is 4. The van der Waals surface area contributed by atoms with Gasteiger partial charge in [0.2, 0.25) is 0 Å². The number of hydrogen-bond donors (Lipinski definition) is 2. The first-order valence-corrected chi connectivity index (χ1v) is 8.14. The number of benzene rings is 1. The van der Waals surface area contributed by atoms with Crippen molar-refractivity contribution in [1.82, 2.24) is 10.2 Å². The molecule has 5 heteroatoms. The highest BCUT2D eigenvalue weighted by Gasteiger charge is 2.22. The third-order valence-electron chi connectivity index (χ3n) is 3.71. The minimum Gasteiger partial charge on any atom is -0.444 e.